The van der Waals surface area contributed by atoms with Crippen LogP contribution in [0.15, 0.2) is 0 Å². The summed E-state index contributed by atoms with van der Waals surface area (Å²) in [6.45, 7) is 5.30. The maximum absolute atomic E-state index is 9.21. The highest BCUT2D eigenvalue weighted by atomic mass is 16.8. The van der Waals surface area contributed by atoms with Crippen LogP contribution in [-0.2, 0) is 31.9 Å². The molecule has 0 spiro atoms. The van der Waals surface area contributed by atoms with Gasteiger partial charge in [0.1, 0.15) is 17.5 Å². The van der Waals surface area contributed by atoms with Crippen molar-refractivity contribution in [3.8, 4) is 6.07 Å². The number of nitrogens with zero attached hydrogens (tertiary/aromatic N) is 3. The first kappa shape index (κ1) is 18.4. The van der Waals surface area contributed by atoms with Crippen LogP contribution in [0.1, 0.15) is 25.1 Å². The van der Waals surface area contributed by atoms with Gasteiger partial charge in [-0.05, 0) is 13.8 Å². The number of nitriles is 1. The van der Waals surface area contributed by atoms with Gasteiger partial charge in [-0.2, -0.15) is 10.4 Å². The highest BCUT2D eigenvalue weighted by Gasteiger charge is 2.16. The van der Waals surface area contributed by atoms with Crippen molar-refractivity contribution in [3.05, 3.63) is 11.3 Å². The Kier molecular flexibility index (Phi) is 8.47. The minimum Gasteiger partial charge on any atom is -0.383 e. The monoisotopic (exact) mass is 312 g/mol. The molecule has 1 rings (SSSR count). The number of ether oxygens (including phenoxy) is 4. The summed E-state index contributed by atoms with van der Waals surface area (Å²) in [6.07, 6.45) is 0.448. The highest BCUT2D eigenvalue weighted by Crippen LogP contribution is 2.16. The summed E-state index contributed by atoms with van der Waals surface area (Å²) in [7, 11) is 1.60. The van der Waals surface area contributed by atoms with Crippen LogP contribution < -0.4 is 5.73 Å². The van der Waals surface area contributed by atoms with E-state index in [1.165, 1.54) is 0 Å². The fraction of sp³-hybridized carbons (Fsp3) is 0.714. The summed E-state index contributed by atoms with van der Waals surface area (Å²) in [6, 6.07) is 2.08. The second-order valence-electron chi connectivity index (χ2n) is 4.35. The molecule has 0 unspecified atom stereocenters. The van der Waals surface area contributed by atoms with Gasteiger partial charge < -0.3 is 24.7 Å². The Morgan fingerprint density at radius 1 is 1.23 bits per heavy atom. The van der Waals surface area contributed by atoms with Crippen LogP contribution in [0.2, 0.25) is 0 Å². The zero-order valence-electron chi connectivity index (χ0n) is 13.4. The number of nitrogens with two attached hydrogens (primary N) is 1. The van der Waals surface area contributed by atoms with E-state index in [1.54, 1.807) is 11.8 Å². The second-order valence-corrected chi connectivity index (χ2v) is 4.35. The summed E-state index contributed by atoms with van der Waals surface area (Å²) in [4.78, 5) is 0. The van der Waals surface area contributed by atoms with Crippen LogP contribution in [0.4, 0.5) is 5.82 Å². The van der Waals surface area contributed by atoms with Crippen molar-refractivity contribution >= 4 is 5.82 Å². The molecule has 0 radical (unpaired) electrons. The number of rotatable bonds is 11. The van der Waals surface area contributed by atoms with E-state index < -0.39 is 6.48 Å². The number of hydrogen-bond donors (Lipinski definition) is 1. The molecule has 0 fully saturated rings. The number of nitrogen functional groups attached to an aromatic ring is 1. The maximum Gasteiger partial charge on any atom is 0.271 e. The molecule has 0 aromatic carbocycles. The SMILES string of the molecule is CCOC(OCC)OCCc1nn(CCOC)c(N)c1C#N. The quantitative estimate of drug-likeness (QED) is 0.605. The summed E-state index contributed by atoms with van der Waals surface area (Å²) in [5.41, 5.74) is 6.89. The molecule has 0 amide bonds. The van der Waals surface area contributed by atoms with E-state index in [0.717, 1.165) is 0 Å². The predicted molar refractivity (Wildman–Crippen MR) is 79.9 cm³/mol. The number of methoxy groups -OCH3 is 1. The van der Waals surface area contributed by atoms with Gasteiger partial charge in [-0.15, -0.1) is 0 Å². The fourth-order valence-corrected chi connectivity index (χ4v) is 1.84. The molecule has 0 aliphatic carbocycles. The van der Waals surface area contributed by atoms with Crippen molar-refractivity contribution in [2.24, 2.45) is 0 Å². The van der Waals surface area contributed by atoms with E-state index in [9.17, 15) is 5.26 Å². The molecule has 8 nitrogen and oxygen atoms in total. The molecule has 124 valence electrons. The largest absolute Gasteiger partial charge is 0.383 e. The number of aromatic nitrogens is 2. The number of anilines is 1. The Labute approximate surface area is 130 Å². The number of hydrogen-bond acceptors (Lipinski definition) is 7. The first-order valence-corrected chi connectivity index (χ1v) is 7.26. The molecule has 1 aromatic heterocycles. The lowest BCUT2D eigenvalue weighted by atomic mass is 10.2. The van der Waals surface area contributed by atoms with Gasteiger partial charge >= 0.3 is 0 Å². The van der Waals surface area contributed by atoms with Gasteiger partial charge in [0.05, 0.1) is 25.5 Å². The van der Waals surface area contributed by atoms with Gasteiger partial charge in [0.15, 0.2) is 0 Å². The third-order valence-corrected chi connectivity index (χ3v) is 2.88. The van der Waals surface area contributed by atoms with E-state index in [0.29, 0.717) is 56.5 Å². The maximum atomic E-state index is 9.21. The first-order chi connectivity index (χ1) is 10.7. The van der Waals surface area contributed by atoms with Crippen LogP contribution in [0.25, 0.3) is 0 Å². The fourth-order valence-electron chi connectivity index (χ4n) is 1.84. The Morgan fingerprint density at radius 2 is 1.91 bits per heavy atom. The molecule has 1 aromatic rings. The van der Waals surface area contributed by atoms with E-state index >= 15 is 0 Å². The third-order valence-electron chi connectivity index (χ3n) is 2.88. The molecule has 0 saturated carbocycles. The summed E-state index contributed by atoms with van der Waals surface area (Å²) >= 11 is 0. The third kappa shape index (κ3) is 5.27. The molecular formula is C14H24N4O4. The lowest BCUT2D eigenvalue weighted by Crippen LogP contribution is -2.22. The minimum absolute atomic E-state index is 0.320. The average molecular weight is 312 g/mol. The molecule has 8 heteroatoms. The lowest BCUT2D eigenvalue weighted by Gasteiger charge is -2.16. The van der Waals surface area contributed by atoms with Gasteiger partial charge in [-0.25, -0.2) is 4.68 Å². The van der Waals surface area contributed by atoms with Crippen molar-refractivity contribution < 1.29 is 18.9 Å². The van der Waals surface area contributed by atoms with E-state index in [2.05, 4.69) is 11.2 Å². The van der Waals surface area contributed by atoms with Gasteiger partial charge in [-0.3, -0.25) is 0 Å². The van der Waals surface area contributed by atoms with Crippen molar-refractivity contribution in [1.29, 1.82) is 5.26 Å². The summed E-state index contributed by atoms with van der Waals surface area (Å²) in [5, 5.41) is 13.5. The summed E-state index contributed by atoms with van der Waals surface area (Å²) < 4.78 is 22.6. The van der Waals surface area contributed by atoms with Crippen molar-refractivity contribution in [3.63, 3.8) is 0 Å². The van der Waals surface area contributed by atoms with Crippen LogP contribution in [0.5, 0.6) is 0 Å². The highest BCUT2D eigenvalue weighted by molar-refractivity contribution is 5.52. The lowest BCUT2D eigenvalue weighted by molar-refractivity contribution is -0.284. The van der Waals surface area contributed by atoms with Crippen LogP contribution in [0.3, 0.4) is 0 Å². The average Bonchev–Trinajstić information content (AvgIpc) is 2.81. The van der Waals surface area contributed by atoms with Crippen molar-refractivity contribution in [2.75, 3.05) is 39.3 Å². The van der Waals surface area contributed by atoms with E-state index in [4.69, 9.17) is 24.7 Å². The van der Waals surface area contributed by atoms with Gasteiger partial charge in [0, 0.05) is 26.7 Å². The van der Waals surface area contributed by atoms with Crippen LogP contribution in [0, 0.1) is 11.3 Å². The molecule has 0 aliphatic heterocycles. The standard InChI is InChI=1S/C14H24N4O4/c1-4-20-14(21-5-2)22-8-6-12-11(10-15)13(16)18(17-12)7-9-19-3/h14H,4-9,16H2,1-3H3. The van der Waals surface area contributed by atoms with Crippen LogP contribution in [-0.4, -0.2) is 49.8 Å². The molecule has 22 heavy (non-hydrogen) atoms. The Bertz CT molecular complexity index is 478. The normalized spacial score (nSPS) is 11.0. The molecule has 0 aliphatic rings. The Morgan fingerprint density at radius 3 is 2.45 bits per heavy atom. The van der Waals surface area contributed by atoms with E-state index in [-0.39, 0.29) is 0 Å². The molecule has 0 saturated heterocycles. The van der Waals surface area contributed by atoms with Crippen molar-refractivity contribution in [2.45, 2.75) is 33.3 Å². The van der Waals surface area contributed by atoms with Gasteiger partial charge in [-0.1, -0.05) is 0 Å². The predicted octanol–water partition coefficient (Wildman–Crippen LogP) is 0.899. The zero-order valence-corrected chi connectivity index (χ0v) is 13.4. The Hall–Kier alpha value is -1.66. The molecule has 0 atom stereocenters. The van der Waals surface area contributed by atoms with Crippen LogP contribution >= 0.6 is 0 Å². The van der Waals surface area contributed by atoms with Gasteiger partial charge in [0.25, 0.3) is 6.48 Å². The van der Waals surface area contributed by atoms with Crippen molar-refractivity contribution in [1.82, 2.24) is 9.78 Å². The zero-order chi connectivity index (χ0) is 16.4. The molecule has 1 heterocycles. The Balaban J connectivity index is 2.63. The van der Waals surface area contributed by atoms with Gasteiger partial charge in [0.2, 0.25) is 0 Å². The molecular weight excluding hydrogens is 288 g/mol. The minimum atomic E-state index is -0.701. The molecule has 2 N–H and O–H groups in total. The molecule has 0 bridgehead atoms. The smallest absolute Gasteiger partial charge is 0.271 e. The topological polar surface area (TPSA) is 105 Å². The van der Waals surface area contributed by atoms with E-state index in [1.807, 2.05) is 13.8 Å². The summed E-state index contributed by atoms with van der Waals surface area (Å²) in [5.74, 6) is 0.348. The second kappa shape index (κ2) is 10.1. The first-order valence-electron chi connectivity index (χ1n) is 7.26.